The second-order valence-electron chi connectivity index (χ2n) is 19.0. The van der Waals surface area contributed by atoms with Crippen LogP contribution in [-0.2, 0) is 42.7 Å². The summed E-state index contributed by atoms with van der Waals surface area (Å²) in [5.41, 5.74) is 0. The van der Waals surface area contributed by atoms with Crippen LogP contribution >= 0.6 is 37.2 Å². The van der Waals surface area contributed by atoms with Crippen LogP contribution in [0.1, 0.15) is 102 Å². The molecular formula is C48H78I2O15. The van der Waals surface area contributed by atoms with Gasteiger partial charge in [-0.2, -0.15) is 0 Å². The van der Waals surface area contributed by atoms with E-state index in [1.165, 1.54) is 24.3 Å². The topological polar surface area (TPSA) is 220 Å². The summed E-state index contributed by atoms with van der Waals surface area (Å²) in [6.45, 7) is 19.8. The quantitative estimate of drug-likeness (QED) is 0.0937. The molecule has 17 heteroatoms. The summed E-state index contributed by atoms with van der Waals surface area (Å²) in [5, 5.41) is 67.9. The molecule has 0 spiro atoms. The van der Waals surface area contributed by atoms with E-state index in [-0.39, 0.29) is 43.3 Å². The highest BCUT2D eigenvalue weighted by molar-refractivity contribution is 15.0. The second-order valence-corrected chi connectivity index (χ2v) is 19.0. The molecule has 0 saturated carbocycles. The Balaban J connectivity index is 0.00000553. The van der Waals surface area contributed by atoms with Crippen LogP contribution in [0.3, 0.4) is 0 Å². The number of allylic oxidation sites excluding steroid dienone is 4. The van der Waals surface area contributed by atoms with Gasteiger partial charge in [-0.25, -0.2) is 9.59 Å². The Bertz CT molecular complexity index is 1600. The van der Waals surface area contributed by atoms with Crippen LogP contribution in [0.4, 0.5) is 0 Å². The number of hydrogen-bond donors (Lipinski definition) is 6. The standard InChI is InChI=1S/C48H78O15.I2/c1-13-35-33(10)63-48(56,24-38(35)59-41-22-36(49)44(54)34(11)58-41)31(8)43(53)29(6)46-26(3)19-15-17-20-39(50)60-45(25(2)18-14-16-21-40(51)61-46)28(5)42(52)30(7)47(55)23-37(57-12)27(4)32(9)62-47;1-2/h14-21,25-38,41-46,49,52-56H,13,22-24H2,1-12H3;/b18-14+,19-15+,20-17+,21-16+;. The average Bonchev–Trinajstić information content (AvgIpc) is 3.26. The Labute approximate surface area is 410 Å². The Kier molecular flexibility index (Phi) is 23.5. The zero-order valence-corrected chi connectivity index (χ0v) is 44.4. The van der Waals surface area contributed by atoms with E-state index < -0.39 is 120 Å². The molecule has 3 fully saturated rings. The molecule has 0 bridgehead atoms. The van der Waals surface area contributed by atoms with Crippen LogP contribution in [0.25, 0.3) is 0 Å². The molecule has 6 N–H and O–H groups in total. The van der Waals surface area contributed by atoms with Gasteiger partial charge in [0, 0.05) is 123 Å². The molecule has 0 amide bonds. The molecule has 3 saturated heterocycles. The molecule has 4 aliphatic rings. The Morgan fingerprint density at radius 1 is 0.723 bits per heavy atom. The monoisotopic (exact) mass is 1150 g/mol. The van der Waals surface area contributed by atoms with Crippen molar-refractivity contribution < 1.29 is 73.4 Å². The Morgan fingerprint density at radius 2 is 1.17 bits per heavy atom. The largest absolute Gasteiger partial charge is 0.458 e. The smallest absolute Gasteiger partial charge is 0.331 e. The van der Waals surface area contributed by atoms with Gasteiger partial charge in [0.15, 0.2) is 17.9 Å². The number of aliphatic hydroxyl groups is 6. The van der Waals surface area contributed by atoms with E-state index in [0.717, 1.165) is 0 Å². The van der Waals surface area contributed by atoms with Crippen molar-refractivity contribution in [1.29, 1.82) is 0 Å². The summed E-state index contributed by atoms with van der Waals surface area (Å²) in [7, 11) is 1.59. The third-order valence-corrected chi connectivity index (χ3v) is 14.6. The maximum atomic E-state index is 13.4. The summed E-state index contributed by atoms with van der Waals surface area (Å²) in [6, 6.07) is 0. The summed E-state index contributed by atoms with van der Waals surface area (Å²) >= 11 is 4.24. The van der Waals surface area contributed by atoms with Gasteiger partial charge in [-0.1, -0.05) is 91.8 Å². The van der Waals surface area contributed by atoms with E-state index in [4.69, 9.17) is 33.2 Å². The van der Waals surface area contributed by atoms with Crippen molar-refractivity contribution in [3.8, 4) is 0 Å². The summed E-state index contributed by atoms with van der Waals surface area (Å²) in [5.74, 6) is -8.97. The molecule has 4 rings (SSSR count). The lowest BCUT2D eigenvalue weighted by Gasteiger charge is -2.50. The number of rotatable bonds is 12. The van der Waals surface area contributed by atoms with Crippen molar-refractivity contribution in [2.24, 2.45) is 47.3 Å². The lowest BCUT2D eigenvalue weighted by molar-refractivity contribution is -0.344. The fourth-order valence-electron chi connectivity index (χ4n) is 9.92. The normalized spacial score (nSPS) is 43.4. The number of esters is 2. The van der Waals surface area contributed by atoms with Crippen molar-refractivity contribution in [2.45, 2.75) is 187 Å². The molecule has 65 heavy (non-hydrogen) atoms. The highest BCUT2D eigenvalue weighted by Crippen LogP contribution is 2.44. The molecule has 22 atom stereocenters. The van der Waals surface area contributed by atoms with E-state index in [2.05, 4.69) is 37.2 Å². The van der Waals surface area contributed by atoms with Crippen molar-refractivity contribution in [3.05, 3.63) is 48.6 Å². The minimum absolute atomic E-state index is 0.0103. The number of methoxy groups -OCH3 is 1. The van der Waals surface area contributed by atoms with Crippen LogP contribution in [0.15, 0.2) is 48.6 Å². The number of hydrogen-bond acceptors (Lipinski definition) is 15. The van der Waals surface area contributed by atoms with E-state index in [1.807, 2.05) is 41.5 Å². The fourth-order valence-corrected chi connectivity index (χ4v) is 9.92. The molecule has 22 unspecified atom stereocenters. The first-order chi connectivity index (χ1) is 30.5. The maximum Gasteiger partial charge on any atom is 0.331 e. The summed E-state index contributed by atoms with van der Waals surface area (Å²) in [4.78, 5) is 26.7. The predicted molar refractivity (Wildman–Crippen MR) is 261 cm³/mol. The summed E-state index contributed by atoms with van der Waals surface area (Å²) in [6.07, 6.45) is 3.78. The van der Waals surface area contributed by atoms with Crippen LogP contribution in [0, 0.1) is 47.3 Å². The first-order valence-electron chi connectivity index (χ1n) is 23.1. The molecule has 0 aromatic heterocycles. The summed E-state index contributed by atoms with van der Waals surface area (Å²) < 4.78 is 42.2. The SMILES string of the molecule is CCC1C(C)OC(O)(C(C)C(O)C(C)C2OC(=O)/C=C/C=C/C(C)C(C(C)C(O)C(C)C3(O)CC(OC)C(C)C(C)O3)OC(=O)/C=C/C=C/C2C)CC1OC1CC(O)C(O)C(C)O1.II. The molecule has 4 heterocycles. The first kappa shape index (κ1) is 58.2. The van der Waals surface area contributed by atoms with E-state index in [1.54, 1.807) is 66.0 Å². The van der Waals surface area contributed by atoms with Gasteiger partial charge in [0.2, 0.25) is 0 Å². The van der Waals surface area contributed by atoms with Crippen LogP contribution in [-0.4, -0.2) is 135 Å². The molecule has 15 nitrogen and oxygen atoms in total. The molecule has 4 aliphatic heterocycles. The van der Waals surface area contributed by atoms with Crippen molar-refractivity contribution in [3.63, 3.8) is 0 Å². The third kappa shape index (κ3) is 15.0. The molecule has 0 aromatic carbocycles. The van der Waals surface area contributed by atoms with Gasteiger partial charge in [0.1, 0.15) is 18.3 Å². The van der Waals surface area contributed by atoms with Gasteiger partial charge in [0.25, 0.3) is 0 Å². The van der Waals surface area contributed by atoms with Gasteiger partial charge in [0.05, 0.1) is 48.8 Å². The maximum absolute atomic E-state index is 13.4. The van der Waals surface area contributed by atoms with Crippen LogP contribution in [0.5, 0.6) is 0 Å². The molecular weight excluding hydrogens is 1070 g/mol. The highest BCUT2D eigenvalue weighted by Gasteiger charge is 2.53. The molecule has 0 radical (unpaired) electrons. The highest BCUT2D eigenvalue weighted by atomic mass is 128. The number of ether oxygens (including phenoxy) is 7. The van der Waals surface area contributed by atoms with Crippen LogP contribution < -0.4 is 0 Å². The van der Waals surface area contributed by atoms with Crippen molar-refractivity contribution in [1.82, 2.24) is 0 Å². The number of cyclic esters (lactones) is 2. The fraction of sp³-hybridized carbons (Fsp3) is 0.792. The van der Waals surface area contributed by atoms with Gasteiger partial charge in [-0.05, 0) is 27.2 Å². The van der Waals surface area contributed by atoms with Crippen molar-refractivity contribution >= 4 is 49.2 Å². The van der Waals surface area contributed by atoms with E-state index in [9.17, 15) is 40.2 Å². The van der Waals surface area contributed by atoms with Crippen LogP contribution in [0.2, 0.25) is 0 Å². The average molecular weight is 1150 g/mol. The number of aliphatic hydroxyl groups excluding tert-OH is 4. The first-order valence-corrected chi connectivity index (χ1v) is 29.4. The molecule has 374 valence electrons. The number of halogens is 2. The molecule has 0 aliphatic carbocycles. The zero-order valence-electron chi connectivity index (χ0n) is 40.1. The van der Waals surface area contributed by atoms with Gasteiger partial charge >= 0.3 is 11.9 Å². The number of carbonyl (C=O) groups excluding carboxylic acids is 2. The molecule has 0 aromatic rings. The minimum atomic E-state index is -1.86. The Hall–Kier alpha value is -1.08. The zero-order chi connectivity index (χ0) is 49.1. The Morgan fingerprint density at radius 3 is 1.60 bits per heavy atom. The van der Waals surface area contributed by atoms with Gasteiger partial charge in [-0.3, -0.25) is 0 Å². The number of carbonyl (C=O) groups is 2. The van der Waals surface area contributed by atoms with E-state index >= 15 is 0 Å². The lowest BCUT2D eigenvalue weighted by Crippen LogP contribution is -2.59. The van der Waals surface area contributed by atoms with Gasteiger partial charge in [-0.15, -0.1) is 0 Å². The minimum Gasteiger partial charge on any atom is -0.458 e. The van der Waals surface area contributed by atoms with Crippen molar-refractivity contribution in [2.75, 3.05) is 7.11 Å². The second kappa shape index (κ2) is 26.2. The third-order valence-electron chi connectivity index (χ3n) is 14.6. The lowest BCUT2D eigenvalue weighted by atomic mass is 9.76. The predicted octanol–water partition coefficient (Wildman–Crippen LogP) is 6.27. The van der Waals surface area contributed by atoms with E-state index in [0.29, 0.717) is 6.42 Å². The van der Waals surface area contributed by atoms with Gasteiger partial charge < -0.3 is 63.8 Å².